The predicted octanol–water partition coefficient (Wildman–Crippen LogP) is 2.47. The summed E-state index contributed by atoms with van der Waals surface area (Å²) in [5, 5.41) is 0.733. The van der Waals surface area contributed by atoms with E-state index in [1.807, 2.05) is 17.9 Å². The van der Waals surface area contributed by atoms with Gasteiger partial charge in [0.05, 0.1) is 18.8 Å². The van der Waals surface area contributed by atoms with Crippen LogP contribution in [0.3, 0.4) is 0 Å². The number of carbonyl (C=O) groups excluding carboxylic acids is 1. The van der Waals surface area contributed by atoms with Crippen molar-refractivity contribution in [3.8, 4) is 0 Å². The number of morpholine rings is 1. The first-order valence-electron chi connectivity index (χ1n) is 5.72. The zero-order valence-electron chi connectivity index (χ0n) is 9.97. The van der Waals surface area contributed by atoms with Gasteiger partial charge in [-0.15, -0.1) is 0 Å². The molecule has 1 aliphatic heterocycles. The molecule has 0 bridgehead atoms. The molecular weight excluding hydrogens is 364 g/mol. The fourth-order valence-corrected chi connectivity index (χ4v) is 2.47. The van der Waals surface area contributed by atoms with Crippen LogP contribution in [0.5, 0.6) is 0 Å². The number of halogens is 2. The number of aromatic nitrogens is 1. The highest BCUT2D eigenvalue weighted by atomic mass is 79.9. The third kappa shape index (κ3) is 3.10. The van der Waals surface area contributed by atoms with Crippen LogP contribution < -0.4 is 0 Å². The molecule has 18 heavy (non-hydrogen) atoms. The molecule has 98 valence electrons. The van der Waals surface area contributed by atoms with Gasteiger partial charge >= 0.3 is 0 Å². The van der Waals surface area contributed by atoms with Gasteiger partial charge in [-0.05, 0) is 35.0 Å². The summed E-state index contributed by atoms with van der Waals surface area (Å²) >= 11 is 6.70. The minimum atomic E-state index is -0.0377. The quantitative estimate of drug-likeness (QED) is 0.743. The highest BCUT2D eigenvalue weighted by molar-refractivity contribution is 9.10. The van der Waals surface area contributed by atoms with Crippen LogP contribution in [-0.2, 0) is 4.74 Å². The maximum Gasteiger partial charge on any atom is 0.272 e. The average Bonchev–Trinajstić information content (AvgIpc) is 2.39. The molecule has 2 atom stereocenters. The van der Waals surface area contributed by atoms with E-state index in [1.54, 1.807) is 12.3 Å². The van der Waals surface area contributed by atoms with E-state index in [1.165, 1.54) is 0 Å². The van der Waals surface area contributed by atoms with Gasteiger partial charge in [0, 0.05) is 22.5 Å². The molecule has 6 heteroatoms. The van der Waals surface area contributed by atoms with Gasteiger partial charge in [-0.25, -0.2) is 4.98 Å². The van der Waals surface area contributed by atoms with E-state index >= 15 is 0 Å². The Labute approximate surface area is 123 Å². The standard InChI is InChI=1S/C12H14Br2N2O2/c1-8-7-18-10(4-13)6-16(8)12(17)11-3-2-9(14)5-15-11/h2-3,5,8,10H,4,6-7H2,1H3. The van der Waals surface area contributed by atoms with Crippen LogP contribution in [0.25, 0.3) is 0 Å². The molecule has 0 aliphatic carbocycles. The largest absolute Gasteiger partial charge is 0.373 e. The lowest BCUT2D eigenvalue weighted by molar-refractivity contribution is -0.0363. The molecule has 0 radical (unpaired) electrons. The van der Waals surface area contributed by atoms with Crippen LogP contribution in [0.4, 0.5) is 0 Å². The first-order valence-corrected chi connectivity index (χ1v) is 7.63. The number of hydrogen-bond acceptors (Lipinski definition) is 3. The third-order valence-electron chi connectivity index (χ3n) is 2.88. The van der Waals surface area contributed by atoms with Gasteiger partial charge in [0.15, 0.2) is 0 Å². The van der Waals surface area contributed by atoms with Crippen molar-refractivity contribution >= 4 is 37.8 Å². The average molecular weight is 378 g/mol. The van der Waals surface area contributed by atoms with E-state index in [2.05, 4.69) is 36.8 Å². The second kappa shape index (κ2) is 6.12. The smallest absolute Gasteiger partial charge is 0.272 e. The fraction of sp³-hybridized carbons (Fsp3) is 0.500. The summed E-state index contributed by atoms with van der Waals surface area (Å²) in [5.41, 5.74) is 0.472. The van der Waals surface area contributed by atoms with Crippen LogP contribution in [0.15, 0.2) is 22.8 Å². The molecule has 4 nitrogen and oxygen atoms in total. The normalized spacial score (nSPS) is 24.1. The number of ether oxygens (including phenoxy) is 1. The van der Waals surface area contributed by atoms with Crippen molar-refractivity contribution in [3.05, 3.63) is 28.5 Å². The number of carbonyl (C=O) groups is 1. The number of nitrogens with zero attached hydrogens (tertiary/aromatic N) is 2. The van der Waals surface area contributed by atoms with Crippen molar-refractivity contribution in [2.45, 2.75) is 19.1 Å². The van der Waals surface area contributed by atoms with Gasteiger partial charge < -0.3 is 9.64 Å². The zero-order chi connectivity index (χ0) is 13.1. The lowest BCUT2D eigenvalue weighted by Gasteiger charge is -2.37. The Bertz CT molecular complexity index is 425. The Morgan fingerprint density at radius 3 is 3.00 bits per heavy atom. The molecule has 1 fully saturated rings. The summed E-state index contributed by atoms with van der Waals surface area (Å²) in [6.45, 7) is 3.16. The molecule has 1 aromatic heterocycles. The number of hydrogen-bond donors (Lipinski definition) is 0. The molecule has 0 N–H and O–H groups in total. The Morgan fingerprint density at radius 1 is 1.61 bits per heavy atom. The summed E-state index contributed by atoms with van der Waals surface area (Å²) in [6.07, 6.45) is 1.70. The van der Waals surface area contributed by atoms with Crippen molar-refractivity contribution < 1.29 is 9.53 Å². The second-order valence-corrected chi connectivity index (χ2v) is 5.84. The SMILES string of the molecule is CC1COC(CBr)CN1C(=O)c1ccc(Br)cn1. The van der Waals surface area contributed by atoms with E-state index in [4.69, 9.17) is 4.74 Å². The molecular formula is C12H14Br2N2O2. The van der Waals surface area contributed by atoms with E-state index in [0.717, 1.165) is 9.80 Å². The first kappa shape index (κ1) is 14.0. The lowest BCUT2D eigenvalue weighted by atomic mass is 10.2. The van der Waals surface area contributed by atoms with E-state index < -0.39 is 0 Å². The second-order valence-electron chi connectivity index (χ2n) is 4.28. The van der Waals surface area contributed by atoms with Gasteiger partial charge in [0.25, 0.3) is 5.91 Å². The van der Waals surface area contributed by atoms with Gasteiger partial charge in [0.2, 0.25) is 0 Å². The van der Waals surface area contributed by atoms with Gasteiger partial charge in [-0.2, -0.15) is 0 Å². The van der Waals surface area contributed by atoms with Crippen molar-refractivity contribution in [1.29, 1.82) is 0 Å². The predicted molar refractivity (Wildman–Crippen MR) is 76.0 cm³/mol. The highest BCUT2D eigenvalue weighted by Crippen LogP contribution is 2.17. The van der Waals surface area contributed by atoms with E-state index in [-0.39, 0.29) is 18.1 Å². The molecule has 2 rings (SSSR count). The minimum absolute atomic E-state index is 0.0377. The molecule has 0 spiro atoms. The molecule has 0 aromatic carbocycles. The highest BCUT2D eigenvalue weighted by Gasteiger charge is 2.30. The Hall–Kier alpha value is -0.460. The Balaban J connectivity index is 2.13. The van der Waals surface area contributed by atoms with Crippen LogP contribution in [0.1, 0.15) is 17.4 Å². The monoisotopic (exact) mass is 376 g/mol. The molecule has 1 aromatic rings. The van der Waals surface area contributed by atoms with Gasteiger partial charge in [-0.1, -0.05) is 15.9 Å². The lowest BCUT2D eigenvalue weighted by Crippen LogP contribution is -2.51. The maximum atomic E-state index is 12.4. The third-order valence-corrected chi connectivity index (χ3v) is 4.08. The van der Waals surface area contributed by atoms with Crippen LogP contribution in [-0.4, -0.2) is 46.4 Å². The summed E-state index contributed by atoms with van der Waals surface area (Å²) in [5.74, 6) is -0.0377. The van der Waals surface area contributed by atoms with Crippen LogP contribution in [0.2, 0.25) is 0 Å². The molecule has 1 amide bonds. The summed E-state index contributed by atoms with van der Waals surface area (Å²) in [7, 11) is 0. The number of rotatable bonds is 2. The van der Waals surface area contributed by atoms with Crippen LogP contribution >= 0.6 is 31.9 Å². The van der Waals surface area contributed by atoms with Gasteiger partial charge in [-0.3, -0.25) is 4.79 Å². The molecule has 1 saturated heterocycles. The van der Waals surface area contributed by atoms with Crippen molar-refractivity contribution in [2.24, 2.45) is 0 Å². The maximum absolute atomic E-state index is 12.4. The summed E-state index contributed by atoms with van der Waals surface area (Å²) in [4.78, 5) is 18.3. The van der Waals surface area contributed by atoms with Gasteiger partial charge in [0.1, 0.15) is 5.69 Å². The minimum Gasteiger partial charge on any atom is -0.373 e. The molecule has 2 heterocycles. The topological polar surface area (TPSA) is 42.4 Å². The Morgan fingerprint density at radius 2 is 2.39 bits per heavy atom. The van der Waals surface area contributed by atoms with Crippen molar-refractivity contribution in [3.63, 3.8) is 0 Å². The molecule has 2 unspecified atom stereocenters. The summed E-state index contributed by atoms with van der Waals surface area (Å²) in [6, 6.07) is 3.64. The summed E-state index contributed by atoms with van der Waals surface area (Å²) < 4.78 is 6.47. The number of pyridine rings is 1. The fourth-order valence-electron chi connectivity index (χ4n) is 1.84. The molecule has 0 saturated carbocycles. The first-order chi connectivity index (χ1) is 8.61. The Kier molecular flexibility index (Phi) is 4.75. The van der Waals surface area contributed by atoms with Crippen molar-refractivity contribution in [2.75, 3.05) is 18.5 Å². The van der Waals surface area contributed by atoms with E-state index in [0.29, 0.717) is 18.8 Å². The van der Waals surface area contributed by atoms with Crippen molar-refractivity contribution in [1.82, 2.24) is 9.88 Å². The molecule has 1 aliphatic rings. The number of alkyl halides is 1. The van der Waals surface area contributed by atoms with Crippen LogP contribution in [0, 0.1) is 0 Å². The number of amides is 1. The zero-order valence-corrected chi connectivity index (χ0v) is 13.1. The van der Waals surface area contributed by atoms with E-state index in [9.17, 15) is 4.79 Å².